The Balaban J connectivity index is 2.55. The van der Waals surface area contributed by atoms with Crippen molar-refractivity contribution in [3.63, 3.8) is 0 Å². The van der Waals surface area contributed by atoms with Crippen molar-refractivity contribution in [1.82, 2.24) is 0 Å². The molecule has 0 saturated carbocycles. The van der Waals surface area contributed by atoms with Crippen LogP contribution in [-0.2, 0) is 0 Å². The number of halogens is 1. The first-order valence-electron chi connectivity index (χ1n) is 4.78. The Kier molecular flexibility index (Phi) is 4.40. The van der Waals surface area contributed by atoms with Gasteiger partial charge in [-0.1, -0.05) is 12.1 Å². The van der Waals surface area contributed by atoms with Crippen molar-refractivity contribution in [3.8, 4) is 5.75 Å². The van der Waals surface area contributed by atoms with E-state index in [2.05, 4.69) is 0 Å². The van der Waals surface area contributed by atoms with Crippen molar-refractivity contribution in [1.29, 1.82) is 0 Å². The maximum Gasteiger partial charge on any atom is 0.119 e. The van der Waals surface area contributed by atoms with Crippen LogP contribution in [-0.4, -0.2) is 13.3 Å². The number of ether oxygens (including phenoxy) is 1. The number of benzene rings is 1. The third-order valence-electron chi connectivity index (χ3n) is 1.93. The number of rotatable bonds is 5. The predicted molar refractivity (Wildman–Crippen MR) is 55.1 cm³/mol. The second-order valence-electron chi connectivity index (χ2n) is 3.25. The van der Waals surface area contributed by atoms with Crippen molar-refractivity contribution in [2.75, 3.05) is 13.3 Å². The van der Waals surface area contributed by atoms with Crippen LogP contribution in [0, 0.1) is 0 Å². The fourth-order valence-electron chi connectivity index (χ4n) is 1.13. The molecule has 0 saturated heterocycles. The highest BCUT2D eigenvalue weighted by atomic mass is 19.1. The van der Waals surface area contributed by atoms with Gasteiger partial charge in [0.2, 0.25) is 0 Å². The Hall–Kier alpha value is -1.09. The largest absolute Gasteiger partial charge is 0.493 e. The Labute approximate surface area is 83.9 Å². The molecule has 3 heteroatoms. The Morgan fingerprint density at radius 3 is 2.93 bits per heavy atom. The molecule has 0 aromatic heterocycles. The molecule has 0 fully saturated rings. The van der Waals surface area contributed by atoms with Crippen LogP contribution in [0.3, 0.4) is 0 Å². The van der Waals surface area contributed by atoms with Crippen LogP contribution in [0.15, 0.2) is 24.3 Å². The van der Waals surface area contributed by atoms with Gasteiger partial charge in [0.1, 0.15) is 5.75 Å². The highest BCUT2D eigenvalue weighted by Crippen LogP contribution is 2.17. The minimum absolute atomic E-state index is 0.000254. The molecule has 0 aliphatic heterocycles. The zero-order valence-corrected chi connectivity index (χ0v) is 8.37. The topological polar surface area (TPSA) is 35.2 Å². The summed E-state index contributed by atoms with van der Waals surface area (Å²) in [5.74, 6) is 0.758. The van der Waals surface area contributed by atoms with Gasteiger partial charge in [-0.05, 0) is 24.6 Å². The monoisotopic (exact) mass is 197 g/mol. The molecule has 0 aliphatic carbocycles. The Morgan fingerprint density at radius 1 is 1.50 bits per heavy atom. The van der Waals surface area contributed by atoms with Gasteiger partial charge in [0.05, 0.1) is 13.3 Å². The van der Waals surface area contributed by atoms with Crippen molar-refractivity contribution in [2.24, 2.45) is 5.73 Å². The molecule has 78 valence electrons. The fourth-order valence-corrected chi connectivity index (χ4v) is 1.13. The second-order valence-corrected chi connectivity index (χ2v) is 3.25. The van der Waals surface area contributed by atoms with Crippen LogP contribution in [0.2, 0.25) is 0 Å². The molecule has 0 heterocycles. The molecule has 0 aliphatic rings. The van der Waals surface area contributed by atoms with Crippen LogP contribution in [0.25, 0.3) is 0 Å². The molecule has 1 aromatic rings. The summed E-state index contributed by atoms with van der Waals surface area (Å²) in [5.41, 5.74) is 6.75. The average Bonchev–Trinajstić information content (AvgIpc) is 2.19. The number of nitrogens with two attached hydrogens (primary N) is 1. The van der Waals surface area contributed by atoms with Crippen LogP contribution in [0.5, 0.6) is 5.75 Å². The molecule has 0 bridgehead atoms. The molecule has 14 heavy (non-hydrogen) atoms. The maximum absolute atomic E-state index is 11.8. The summed E-state index contributed by atoms with van der Waals surface area (Å²) < 4.78 is 17.1. The molecule has 1 rings (SSSR count). The van der Waals surface area contributed by atoms with Crippen molar-refractivity contribution in [2.45, 2.75) is 19.4 Å². The predicted octanol–water partition coefficient (Wildman–Crippen LogP) is 2.44. The maximum atomic E-state index is 11.8. The fraction of sp³-hybridized carbons (Fsp3) is 0.455. The highest BCUT2D eigenvalue weighted by molar-refractivity contribution is 5.30. The van der Waals surface area contributed by atoms with Gasteiger partial charge < -0.3 is 10.5 Å². The van der Waals surface area contributed by atoms with E-state index in [0.29, 0.717) is 13.0 Å². The van der Waals surface area contributed by atoms with Gasteiger partial charge in [-0.25, -0.2) is 0 Å². The molecule has 0 unspecified atom stereocenters. The minimum Gasteiger partial charge on any atom is -0.493 e. The lowest BCUT2D eigenvalue weighted by Gasteiger charge is -2.09. The molecular formula is C11H16FNO. The summed E-state index contributed by atoms with van der Waals surface area (Å²) in [7, 11) is 0. The van der Waals surface area contributed by atoms with Crippen LogP contribution in [0.1, 0.15) is 24.9 Å². The van der Waals surface area contributed by atoms with E-state index >= 15 is 0 Å². The summed E-state index contributed by atoms with van der Waals surface area (Å²) in [6.07, 6.45) is 0.433. The molecule has 0 radical (unpaired) electrons. The molecule has 0 amide bonds. The summed E-state index contributed by atoms with van der Waals surface area (Å²) >= 11 is 0. The zero-order valence-electron chi connectivity index (χ0n) is 8.37. The average molecular weight is 197 g/mol. The lowest BCUT2D eigenvalue weighted by atomic mass is 10.1. The van der Waals surface area contributed by atoms with Gasteiger partial charge in [0.25, 0.3) is 0 Å². The normalized spacial score (nSPS) is 12.5. The molecule has 2 nitrogen and oxygen atoms in total. The van der Waals surface area contributed by atoms with Crippen LogP contribution >= 0.6 is 0 Å². The summed E-state index contributed by atoms with van der Waals surface area (Å²) in [6.45, 7) is 1.99. The van der Waals surface area contributed by atoms with E-state index in [1.54, 1.807) is 0 Å². The van der Waals surface area contributed by atoms with Crippen LogP contribution in [0.4, 0.5) is 4.39 Å². The van der Waals surface area contributed by atoms with E-state index in [4.69, 9.17) is 10.5 Å². The smallest absolute Gasteiger partial charge is 0.119 e. The van der Waals surface area contributed by atoms with Gasteiger partial charge in [-0.15, -0.1) is 0 Å². The van der Waals surface area contributed by atoms with E-state index in [-0.39, 0.29) is 12.7 Å². The zero-order chi connectivity index (χ0) is 10.4. The Bertz CT molecular complexity index is 276. The van der Waals surface area contributed by atoms with Gasteiger partial charge >= 0.3 is 0 Å². The third-order valence-corrected chi connectivity index (χ3v) is 1.93. The standard InChI is InChI=1S/C11H16FNO/c1-9(13)10-4-2-5-11(8-10)14-7-3-6-12/h2,4-5,8-9H,3,6-7,13H2,1H3/t9-/m1/s1. The lowest BCUT2D eigenvalue weighted by Crippen LogP contribution is -2.05. The number of alkyl halides is 1. The quantitative estimate of drug-likeness (QED) is 0.736. The molecule has 1 atom stereocenters. The summed E-state index contributed by atoms with van der Waals surface area (Å²) in [4.78, 5) is 0. The first kappa shape index (κ1) is 11.0. The molecule has 0 spiro atoms. The van der Waals surface area contributed by atoms with Crippen molar-refractivity contribution < 1.29 is 9.13 Å². The van der Waals surface area contributed by atoms with E-state index in [0.717, 1.165) is 11.3 Å². The highest BCUT2D eigenvalue weighted by Gasteiger charge is 2.00. The minimum atomic E-state index is -0.340. The first-order chi connectivity index (χ1) is 6.74. The Morgan fingerprint density at radius 2 is 2.29 bits per heavy atom. The third kappa shape index (κ3) is 3.34. The summed E-state index contributed by atoms with van der Waals surface area (Å²) in [6, 6.07) is 7.59. The van der Waals surface area contributed by atoms with Crippen molar-refractivity contribution >= 4 is 0 Å². The summed E-state index contributed by atoms with van der Waals surface area (Å²) in [5, 5.41) is 0. The van der Waals surface area contributed by atoms with Gasteiger partial charge in [0.15, 0.2) is 0 Å². The van der Waals surface area contributed by atoms with Crippen molar-refractivity contribution in [3.05, 3.63) is 29.8 Å². The first-order valence-corrected chi connectivity index (χ1v) is 4.78. The second kappa shape index (κ2) is 5.60. The molecule has 2 N–H and O–H groups in total. The van der Waals surface area contributed by atoms with E-state index in [1.165, 1.54) is 0 Å². The van der Waals surface area contributed by atoms with Gasteiger partial charge in [-0.2, -0.15) is 0 Å². The SMILES string of the molecule is C[C@@H](N)c1cccc(OCCCF)c1. The molecule has 1 aromatic carbocycles. The van der Waals surface area contributed by atoms with E-state index in [9.17, 15) is 4.39 Å². The molecular weight excluding hydrogens is 181 g/mol. The van der Waals surface area contributed by atoms with E-state index in [1.807, 2.05) is 31.2 Å². The number of hydrogen-bond acceptors (Lipinski definition) is 2. The van der Waals surface area contributed by atoms with Crippen LogP contribution < -0.4 is 10.5 Å². The lowest BCUT2D eigenvalue weighted by molar-refractivity contribution is 0.289. The van der Waals surface area contributed by atoms with Gasteiger partial charge in [-0.3, -0.25) is 4.39 Å². The van der Waals surface area contributed by atoms with E-state index < -0.39 is 0 Å². The number of hydrogen-bond donors (Lipinski definition) is 1. The van der Waals surface area contributed by atoms with Gasteiger partial charge in [0, 0.05) is 12.5 Å².